The van der Waals surface area contributed by atoms with E-state index in [4.69, 9.17) is 0 Å². The second kappa shape index (κ2) is 6.92. The first-order valence-corrected chi connectivity index (χ1v) is 9.02. The lowest BCUT2D eigenvalue weighted by Gasteiger charge is -2.23. The number of halogens is 1. The molecule has 142 valence electrons. The highest BCUT2D eigenvalue weighted by molar-refractivity contribution is 5.99. The average Bonchev–Trinajstić information content (AvgIpc) is 2.65. The Kier molecular flexibility index (Phi) is 4.43. The number of guanidine groups is 1. The molecule has 0 fully saturated rings. The van der Waals surface area contributed by atoms with Gasteiger partial charge in [-0.3, -0.25) is 9.79 Å². The van der Waals surface area contributed by atoms with Crippen molar-refractivity contribution in [2.45, 2.75) is 26.9 Å². The molecule has 4 rings (SSSR count). The van der Waals surface area contributed by atoms with Crippen molar-refractivity contribution in [3.8, 4) is 0 Å². The third-order valence-electron chi connectivity index (χ3n) is 4.91. The first-order valence-electron chi connectivity index (χ1n) is 9.02. The minimum absolute atomic E-state index is 0.192. The number of rotatable bonds is 2. The van der Waals surface area contributed by atoms with Crippen molar-refractivity contribution < 1.29 is 9.38 Å². The summed E-state index contributed by atoms with van der Waals surface area (Å²) in [5.41, 5.74) is 4.41. The van der Waals surface area contributed by atoms with Crippen LogP contribution in [0.25, 0.3) is 0 Å². The van der Waals surface area contributed by atoms with Crippen molar-refractivity contribution in [3.05, 3.63) is 87.1 Å². The molecule has 0 aliphatic carbocycles. The van der Waals surface area contributed by atoms with E-state index in [0.717, 1.165) is 16.8 Å². The largest absolute Gasteiger partial charge is 0.357 e. The molecular weight excluding hydrogens is 357 g/mol. The van der Waals surface area contributed by atoms with Gasteiger partial charge in [0.15, 0.2) is 6.17 Å². The number of anilines is 2. The van der Waals surface area contributed by atoms with E-state index in [1.807, 2.05) is 32.0 Å². The lowest BCUT2D eigenvalue weighted by molar-refractivity contribution is -0.520. The van der Waals surface area contributed by atoms with Crippen molar-refractivity contribution in [2.75, 3.05) is 10.6 Å². The van der Waals surface area contributed by atoms with Crippen LogP contribution in [-0.2, 0) is 0 Å². The number of hydrogen-bond acceptors (Lipinski definition) is 4. The second-order valence-corrected chi connectivity index (χ2v) is 6.90. The molecule has 0 saturated heterocycles. The smallest absolute Gasteiger partial charge is 0.269 e. The topological polar surface area (TPSA) is 72.9 Å². The van der Waals surface area contributed by atoms with Gasteiger partial charge in [-0.2, -0.15) is 0 Å². The van der Waals surface area contributed by atoms with Crippen molar-refractivity contribution in [1.82, 2.24) is 9.55 Å². The van der Waals surface area contributed by atoms with Crippen LogP contribution in [0, 0.1) is 26.6 Å². The van der Waals surface area contributed by atoms with Crippen molar-refractivity contribution in [1.29, 1.82) is 0 Å². The van der Waals surface area contributed by atoms with Crippen LogP contribution >= 0.6 is 0 Å². The van der Waals surface area contributed by atoms with Crippen molar-refractivity contribution in [3.63, 3.8) is 0 Å². The summed E-state index contributed by atoms with van der Waals surface area (Å²) in [6.07, 6.45) is -0.523. The van der Waals surface area contributed by atoms with E-state index < -0.39 is 6.17 Å². The number of nitrogens with one attached hydrogen (secondary N) is 3. The predicted octanol–water partition coefficient (Wildman–Crippen LogP) is 1.83. The van der Waals surface area contributed by atoms with Gasteiger partial charge in [0.05, 0.1) is 0 Å². The molecule has 0 spiro atoms. The zero-order chi connectivity index (χ0) is 19.8. The molecule has 1 unspecified atom stereocenters. The van der Waals surface area contributed by atoms with Crippen LogP contribution in [0.1, 0.15) is 28.6 Å². The van der Waals surface area contributed by atoms with Gasteiger partial charge in [0.1, 0.15) is 11.5 Å². The van der Waals surface area contributed by atoms with Crippen LogP contribution in [0.2, 0.25) is 0 Å². The molecule has 3 aromatic rings. The van der Waals surface area contributed by atoms with Crippen LogP contribution in [-0.4, -0.2) is 15.5 Å². The Balaban J connectivity index is 1.81. The molecule has 0 amide bonds. The molecule has 2 aromatic carbocycles. The van der Waals surface area contributed by atoms with E-state index >= 15 is 0 Å². The monoisotopic (exact) mass is 378 g/mol. The van der Waals surface area contributed by atoms with E-state index in [0.29, 0.717) is 17.6 Å². The van der Waals surface area contributed by atoms with Crippen LogP contribution in [0.3, 0.4) is 0 Å². The molecule has 0 radical (unpaired) electrons. The highest BCUT2D eigenvalue weighted by Gasteiger charge is 2.29. The number of nitrogens with zero attached hydrogens (tertiary/aromatic N) is 2. The van der Waals surface area contributed by atoms with Gasteiger partial charge in [0, 0.05) is 17.3 Å². The molecule has 0 saturated carbocycles. The molecule has 1 atom stereocenters. The highest BCUT2D eigenvalue weighted by Crippen LogP contribution is 2.20. The van der Waals surface area contributed by atoms with Gasteiger partial charge in [-0.25, -0.2) is 24.6 Å². The highest BCUT2D eigenvalue weighted by atomic mass is 19.1. The first-order chi connectivity index (χ1) is 13.4. The van der Waals surface area contributed by atoms with Crippen LogP contribution in [0.15, 0.2) is 53.3 Å². The zero-order valence-corrected chi connectivity index (χ0v) is 15.9. The minimum atomic E-state index is -0.523. The summed E-state index contributed by atoms with van der Waals surface area (Å²) in [6, 6.07) is 13.6. The zero-order valence-electron chi connectivity index (χ0n) is 15.9. The first kappa shape index (κ1) is 17.9. The lowest BCUT2D eigenvalue weighted by atomic mass is 10.1. The summed E-state index contributed by atoms with van der Waals surface area (Å²) >= 11 is 0. The molecule has 0 bridgehead atoms. The summed E-state index contributed by atoms with van der Waals surface area (Å²) in [5.74, 6) is 0.691. The molecule has 1 aliphatic heterocycles. The predicted molar refractivity (Wildman–Crippen MR) is 107 cm³/mol. The summed E-state index contributed by atoms with van der Waals surface area (Å²) < 4.78 is 14.9. The Bertz CT molecular complexity index is 1130. The van der Waals surface area contributed by atoms with Crippen LogP contribution in [0.4, 0.5) is 16.0 Å². The summed E-state index contributed by atoms with van der Waals surface area (Å²) in [5, 5.41) is 6.50. The van der Waals surface area contributed by atoms with Crippen molar-refractivity contribution in [2.24, 2.45) is 0 Å². The average molecular weight is 378 g/mol. The Morgan fingerprint density at radius 2 is 1.89 bits per heavy atom. The molecule has 6 nitrogen and oxygen atoms in total. The number of fused-ring (bicyclic) bond motifs is 1. The molecule has 7 heteroatoms. The summed E-state index contributed by atoms with van der Waals surface area (Å²) in [6.45, 7) is 5.87. The van der Waals surface area contributed by atoms with Crippen LogP contribution < -0.4 is 21.2 Å². The Hall–Kier alpha value is -3.48. The molecule has 1 aromatic heterocycles. The molecule has 1 aliphatic rings. The Morgan fingerprint density at radius 3 is 2.64 bits per heavy atom. The fourth-order valence-corrected chi connectivity index (χ4v) is 3.26. The summed E-state index contributed by atoms with van der Waals surface area (Å²) in [4.78, 5) is 20.4. The maximum absolute atomic E-state index is 13.4. The fraction of sp³-hybridized carbons (Fsp3) is 0.190. The van der Waals surface area contributed by atoms with Gasteiger partial charge in [-0.1, -0.05) is 24.3 Å². The van der Waals surface area contributed by atoms with E-state index in [-0.39, 0.29) is 11.4 Å². The SMILES string of the molecule is Cc1cc(=O)n2c(n1)NC(Nc1cccc(C)c1C)=[NH+]C2c1ccc(F)cc1. The quantitative estimate of drug-likeness (QED) is 0.636. The molecular formula is C21H21FN5O+. The van der Waals surface area contributed by atoms with Gasteiger partial charge in [0.2, 0.25) is 0 Å². The van der Waals surface area contributed by atoms with Gasteiger partial charge in [-0.15, -0.1) is 0 Å². The maximum Gasteiger partial charge on any atom is 0.357 e. The number of hydrogen-bond donors (Lipinski definition) is 3. The van der Waals surface area contributed by atoms with Gasteiger partial charge in [0.25, 0.3) is 11.5 Å². The van der Waals surface area contributed by atoms with Crippen molar-refractivity contribution >= 4 is 17.6 Å². The Labute approximate surface area is 161 Å². The minimum Gasteiger partial charge on any atom is -0.269 e. The van der Waals surface area contributed by atoms with Gasteiger partial charge >= 0.3 is 5.96 Å². The Morgan fingerprint density at radius 1 is 1.14 bits per heavy atom. The molecule has 2 heterocycles. The third-order valence-corrected chi connectivity index (χ3v) is 4.91. The second-order valence-electron chi connectivity index (χ2n) is 6.90. The van der Waals surface area contributed by atoms with E-state index in [2.05, 4.69) is 20.6 Å². The maximum atomic E-state index is 13.4. The normalized spacial score (nSPS) is 15.4. The molecule has 3 N–H and O–H groups in total. The number of aryl methyl sites for hydroxylation is 2. The standard InChI is InChI=1S/C21H20FN5O/c1-12-5-4-6-17(14(12)3)24-20-25-19(15-7-9-16(22)10-8-15)27-18(28)11-13(2)23-21(27)26-20/h4-11,19H,1-3H3,(H2,23,24,25,26)/p+1. The van der Waals surface area contributed by atoms with E-state index in [1.165, 1.54) is 28.3 Å². The number of benzene rings is 2. The fourth-order valence-electron chi connectivity index (χ4n) is 3.26. The van der Waals surface area contributed by atoms with E-state index in [9.17, 15) is 9.18 Å². The lowest BCUT2D eigenvalue weighted by Crippen LogP contribution is -2.82. The van der Waals surface area contributed by atoms with Gasteiger partial charge < -0.3 is 0 Å². The van der Waals surface area contributed by atoms with E-state index in [1.54, 1.807) is 19.1 Å². The third kappa shape index (κ3) is 3.26. The van der Waals surface area contributed by atoms with Gasteiger partial charge in [-0.05, 0) is 50.1 Å². The molecule has 28 heavy (non-hydrogen) atoms. The summed E-state index contributed by atoms with van der Waals surface area (Å²) in [7, 11) is 0. The van der Waals surface area contributed by atoms with Crippen LogP contribution in [0.5, 0.6) is 0 Å². The number of aromatic nitrogens is 2.